The molecule has 5 nitrogen and oxygen atoms in total. The van der Waals surface area contributed by atoms with E-state index in [4.69, 9.17) is 15.5 Å². The summed E-state index contributed by atoms with van der Waals surface area (Å²) in [4.78, 5) is 16.3. The van der Waals surface area contributed by atoms with Crippen LogP contribution in [-0.4, -0.2) is 22.9 Å². The third kappa shape index (κ3) is 5.94. The van der Waals surface area contributed by atoms with Crippen molar-refractivity contribution >= 4 is 7.82 Å². The van der Waals surface area contributed by atoms with Crippen molar-refractivity contribution in [3.63, 3.8) is 0 Å². The van der Waals surface area contributed by atoms with Crippen molar-refractivity contribution in [1.29, 1.82) is 0 Å². The van der Waals surface area contributed by atoms with Gasteiger partial charge in [0.1, 0.15) is 0 Å². The molecule has 6 heteroatoms. The van der Waals surface area contributed by atoms with Gasteiger partial charge in [0.15, 0.2) is 0 Å². The fourth-order valence-corrected chi connectivity index (χ4v) is 0.585. The summed E-state index contributed by atoms with van der Waals surface area (Å²) in [7, 11) is -4.35. The Morgan fingerprint density at radius 1 is 1.70 bits per heavy atom. The van der Waals surface area contributed by atoms with E-state index in [1.807, 2.05) is 0 Å². The lowest BCUT2D eigenvalue weighted by Gasteiger charge is -2.04. The normalized spacial score (nSPS) is 11.5. The molecular formula is C4H10NO4P. The average molecular weight is 167 g/mol. The van der Waals surface area contributed by atoms with Crippen molar-refractivity contribution in [3.8, 4) is 0 Å². The number of phosphoric ester groups is 1. The molecule has 0 radical (unpaired) electrons. The maximum absolute atomic E-state index is 10.0. The van der Waals surface area contributed by atoms with Crippen LogP contribution in [-0.2, 0) is 9.09 Å². The van der Waals surface area contributed by atoms with Crippen LogP contribution in [0.4, 0.5) is 0 Å². The van der Waals surface area contributed by atoms with Gasteiger partial charge in [-0.1, -0.05) is 6.58 Å². The zero-order chi connectivity index (χ0) is 8.20. The fourth-order valence-electron chi connectivity index (χ4n) is 0.234. The molecule has 0 saturated heterocycles. The Bertz CT molecular complexity index is 163. The summed E-state index contributed by atoms with van der Waals surface area (Å²) in [5, 5.41) is 0. The molecule has 0 heterocycles. The number of nitrogens with two attached hydrogens (primary N) is 1. The molecular weight excluding hydrogens is 157 g/mol. The van der Waals surface area contributed by atoms with Crippen molar-refractivity contribution in [3.05, 3.63) is 12.2 Å². The molecule has 0 aromatic carbocycles. The zero-order valence-corrected chi connectivity index (χ0v) is 6.25. The Labute approximate surface area is 58.7 Å². The number of rotatable bonds is 4. The van der Waals surface area contributed by atoms with Crippen LogP contribution < -0.4 is 5.73 Å². The summed E-state index contributed by atoms with van der Waals surface area (Å²) in [6, 6.07) is 0. The van der Waals surface area contributed by atoms with Crippen LogP contribution in [0.2, 0.25) is 0 Å². The van der Waals surface area contributed by atoms with Gasteiger partial charge in [-0.05, 0) is 5.57 Å². The van der Waals surface area contributed by atoms with Crippen LogP contribution in [0.1, 0.15) is 0 Å². The highest BCUT2D eigenvalue weighted by Gasteiger charge is 2.12. The molecule has 0 rings (SSSR count). The van der Waals surface area contributed by atoms with E-state index in [-0.39, 0.29) is 13.2 Å². The van der Waals surface area contributed by atoms with Crippen LogP contribution in [0.15, 0.2) is 12.2 Å². The van der Waals surface area contributed by atoms with E-state index in [0.29, 0.717) is 5.57 Å². The van der Waals surface area contributed by atoms with E-state index in [9.17, 15) is 4.57 Å². The molecule has 0 spiro atoms. The van der Waals surface area contributed by atoms with Crippen LogP contribution in [0, 0.1) is 0 Å². The lowest BCUT2D eigenvalue weighted by Crippen LogP contribution is -2.06. The summed E-state index contributed by atoms with van der Waals surface area (Å²) >= 11 is 0. The maximum Gasteiger partial charge on any atom is 0.469 e. The highest BCUT2D eigenvalue weighted by atomic mass is 31.2. The molecule has 0 aromatic rings. The quantitative estimate of drug-likeness (QED) is 0.391. The lowest BCUT2D eigenvalue weighted by atomic mass is 10.3. The van der Waals surface area contributed by atoms with E-state index in [1.54, 1.807) is 0 Å². The second-order valence-corrected chi connectivity index (χ2v) is 2.96. The SMILES string of the molecule is C=C(CN)COP(=O)(O)O. The van der Waals surface area contributed by atoms with Crippen LogP contribution in [0.3, 0.4) is 0 Å². The predicted octanol–water partition coefficient (Wildman–Crippen LogP) is -0.389. The van der Waals surface area contributed by atoms with Gasteiger partial charge in [0, 0.05) is 6.54 Å². The van der Waals surface area contributed by atoms with Gasteiger partial charge in [-0.2, -0.15) is 0 Å². The van der Waals surface area contributed by atoms with Crippen LogP contribution in [0.25, 0.3) is 0 Å². The Balaban J connectivity index is 3.56. The van der Waals surface area contributed by atoms with Gasteiger partial charge in [-0.3, -0.25) is 4.52 Å². The van der Waals surface area contributed by atoms with Crippen molar-refractivity contribution in [2.75, 3.05) is 13.2 Å². The van der Waals surface area contributed by atoms with E-state index in [2.05, 4.69) is 11.1 Å². The number of phosphoric acid groups is 1. The standard InChI is InChI=1S/C4H10NO4P/c1-4(2-5)3-9-10(6,7)8/h1-3,5H2,(H2,6,7,8). The van der Waals surface area contributed by atoms with Gasteiger partial charge in [0.2, 0.25) is 0 Å². The largest absolute Gasteiger partial charge is 0.469 e. The van der Waals surface area contributed by atoms with Gasteiger partial charge in [-0.25, -0.2) is 4.57 Å². The summed E-state index contributed by atoms with van der Waals surface area (Å²) in [5.41, 5.74) is 5.52. The molecule has 0 aliphatic carbocycles. The van der Waals surface area contributed by atoms with Crippen molar-refractivity contribution in [1.82, 2.24) is 0 Å². The summed E-state index contributed by atoms with van der Waals surface area (Å²) in [6.45, 7) is 3.36. The van der Waals surface area contributed by atoms with Crippen molar-refractivity contribution < 1.29 is 18.9 Å². The Hall–Kier alpha value is -0.190. The smallest absolute Gasteiger partial charge is 0.327 e. The van der Waals surface area contributed by atoms with Gasteiger partial charge in [-0.15, -0.1) is 0 Å². The average Bonchev–Trinajstić information content (AvgIpc) is 1.81. The first kappa shape index (κ1) is 9.81. The summed E-state index contributed by atoms with van der Waals surface area (Å²) in [6.07, 6.45) is 0. The van der Waals surface area contributed by atoms with E-state index in [0.717, 1.165) is 0 Å². The summed E-state index contributed by atoms with van der Waals surface area (Å²) in [5.74, 6) is 0. The highest BCUT2D eigenvalue weighted by Crippen LogP contribution is 2.35. The highest BCUT2D eigenvalue weighted by molar-refractivity contribution is 7.46. The molecule has 0 aliphatic heterocycles. The third-order valence-electron chi connectivity index (χ3n) is 0.726. The van der Waals surface area contributed by atoms with Crippen molar-refractivity contribution in [2.24, 2.45) is 5.73 Å². The molecule has 0 aromatic heterocycles. The summed E-state index contributed by atoms with van der Waals surface area (Å²) < 4.78 is 14.1. The molecule has 60 valence electrons. The Morgan fingerprint density at radius 2 is 2.20 bits per heavy atom. The van der Waals surface area contributed by atoms with Gasteiger partial charge in [0.05, 0.1) is 6.61 Å². The van der Waals surface area contributed by atoms with Crippen LogP contribution in [0.5, 0.6) is 0 Å². The first-order chi connectivity index (χ1) is 4.45. The van der Waals surface area contributed by atoms with E-state index in [1.165, 1.54) is 0 Å². The number of hydrogen-bond donors (Lipinski definition) is 3. The number of hydrogen-bond acceptors (Lipinski definition) is 3. The first-order valence-electron chi connectivity index (χ1n) is 2.52. The monoisotopic (exact) mass is 167 g/mol. The fraction of sp³-hybridized carbons (Fsp3) is 0.500. The topological polar surface area (TPSA) is 92.8 Å². The zero-order valence-electron chi connectivity index (χ0n) is 5.36. The molecule has 0 saturated carbocycles. The van der Waals surface area contributed by atoms with Crippen molar-refractivity contribution in [2.45, 2.75) is 0 Å². The second-order valence-electron chi connectivity index (χ2n) is 1.72. The van der Waals surface area contributed by atoms with Crippen LogP contribution >= 0.6 is 7.82 Å². The molecule has 0 atom stereocenters. The minimum Gasteiger partial charge on any atom is -0.327 e. The third-order valence-corrected chi connectivity index (χ3v) is 1.19. The predicted molar refractivity (Wildman–Crippen MR) is 36.2 cm³/mol. The molecule has 0 amide bonds. The maximum atomic E-state index is 10.0. The molecule has 4 N–H and O–H groups in total. The Kier molecular flexibility index (Phi) is 3.78. The molecule has 10 heavy (non-hydrogen) atoms. The minimum atomic E-state index is -4.35. The van der Waals surface area contributed by atoms with E-state index < -0.39 is 7.82 Å². The Morgan fingerprint density at radius 3 is 2.50 bits per heavy atom. The second kappa shape index (κ2) is 3.85. The van der Waals surface area contributed by atoms with E-state index >= 15 is 0 Å². The molecule has 0 bridgehead atoms. The lowest BCUT2D eigenvalue weighted by molar-refractivity contribution is 0.211. The molecule has 0 unspecified atom stereocenters. The van der Waals surface area contributed by atoms with Gasteiger partial charge in [0.25, 0.3) is 0 Å². The molecule has 0 aliphatic rings. The van der Waals surface area contributed by atoms with Gasteiger partial charge < -0.3 is 15.5 Å². The first-order valence-corrected chi connectivity index (χ1v) is 4.05. The minimum absolute atomic E-state index is 0.167. The van der Waals surface area contributed by atoms with Gasteiger partial charge >= 0.3 is 7.82 Å². The molecule has 0 fully saturated rings.